The van der Waals surface area contributed by atoms with Crippen molar-refractivity contribution >= 4 is 22.6 Å². The van der Waals surface area contributed by atoms with E-state index in [4.69, 9.17) is 26.1 Å². The van der Waals surface area contributed by atoms with Crippen LogP contribution in [0, 0.1) is 0 Å². The topological polar surface area (TPSA) is 39.5 Å². The summed E-state index contributed by atoms with van der Waals surface area (Å²) in [5, 5.41) is 0.729. The van der Waals surface area contributed by atoms with E-state index < -0.39 is 0 Å². The fourth-order valence-corrected chi connectivity index (χ4v) is 3.57. The van der Waals surface area contributed by atoms with E-state index >= 15 is 0 Å². The predicted molar refractivity (Wildman–Crippen MR) is 84.9 cm³/mol. The summed E-state index contributed by atoms with van der Waals surface area (Å²) in [7, 11) is 2.06. The van der Waals surface area contributed by atoms with Gasteiger partial charge >= 0.3 is 0 Å². The number of hydrogen-bond donors (Lipinski definition) is 0. The molecule has 0 N–H and O–H groups in total. The van der Waals surface area contributed by atoms with E-state index in [0.717, 1.165) is 67.6 Å². The van der Waals surface area contributed by atoms with Crippen LogP contribution < -0.4 is 0 Å². The van der Waals surface area contributed by atoms with E-state index in [9.17, 15) is 0 Å². The molecule has 2 aliphatic rings. The maximum absolute atomic E-state index is 6.05. The van der Waals surface area contributed by atoms with E-state index in [-0.39, 0.29) is 5.79 Å². The molecule has 1 aromatic heterocycles. The number of halogens is 1. The predicted octanol–water partition coefficient (Wildman–Crippen LogP) is 2.57. The summed E-state index contributed by atoms with van der Waals surface area (Å²) in [6, 6.07) is 5.86. The van der Waals surface area contributed by atoms with Crippen molar-refractivity contribution in [3.8, 4) is 0 Å². The van der Waals surface area contributed by atoms with Gasteiger partial charge < -0.3 is 14.0 Å². The molecule has 2 aliphatic heterocycles. The summed E-state index contributed by atoms with van der Waals surface area (Å²) in [5.41, 5.74) is 2.08. The van der Waals surface area contributed by atoms with Crippen LogP contribution in [0.2, 0.25) is 5.02 Å². The van der Waals surface area contributed by atoms with E-state index in [1.54, 1.807) is 0 Å². The third kappa shape index (κ3) is 2.52. The Morgan fingerprint density at radius 1 is 1.23 bits per heavy atom. The fraction of sp³-hybridized carbons (Fsp3) is 0.562. The van der Waals surface area contributed by atoms with Gasteiger partial charge in [0, 0.05) is 38.0 Å². The van der Waals surface area contributed by atoms with Crippen LogP contribution in [0.25, 0.3) is 11.0 Å². The number of rotatable bonds is 2. The lowest BCUT2D eigenvalue weighted by Gasteiger charge is -2.37. The number of ether oxygens (including phenoxy) is 2. The molecular formula is C16H20ClN3O2. The number of nitrogens with zero attached hydrogens (tertiary/aromatic N) is 3. The Morgan fingerprint density at radius 3 is 2.68 bits per heavy atom. The smallest absolute Gasteiger partial charge is 0.170 e. The van der Waals surface area contributed by atoms with Crippen molar-refractivity contribution < 1.29 is 9.47 Å². The van der Waals surface area contributed by atoms with Crippen LogP contribution in [0.4, 0.5) is 0 Å². The van der Waals surface area contributed by atoms with Crippen molar-refractivity contribution in [2.24, 2.45) is 7.05 Å². The zero-order chi connectivity index (χ0) is 15.2. The van der Waals surface area contributed by atoms with Gasteiger partial charge in [0.2, 0.25) is 0 Å². The van der Waals surface area contributed by atoms with Crippen LogP contribution in [-0.2, 0) is 23.1 Å². The highest BCUT2D eigenvalue weighted by molar-refractivity contribution is 6.31. The van der Waals surface area contributed by atoms with Crippen LogP contribution in [0.1, 0.15) is 18.7 Å². The van der Waals surface area contributed by atoms with Crippen LogP contribution >= 0.6 is 11.6 Å². The highest BCUT2D eigenvalue weighted by Crippen LogP contribution is 2.31. The lowest BCUT2D eigenvalue weighted by Crippen LogP contribution is -2.44. The Kier molecular flexibility index (Phi) is 3.61. The number of fused-ring (bicyclic) bond motifs is 1. The molecule has 0 radical (unpaired) electrons. The SMILES string of the molecule is Cn1c(CN2CCC3(CC2)OCCO3)nc2cc(Cl)ccc21. The molecule has 22 heavy (non-hydrogen) atoms. The molecule has 1 aromatic carbocycles. The van der Waals surface area contributed by atoms with Crippen molar-refractivity contribution in [1.82, 2.24) is 14.5 Å². The van der Waals surface area contributed by atoms with Crippen LogP contribution in [0.15, 0.2) is 18.2 Å². The Bertz CT molecular complexity index is 684. The number of benzene rings is 1. The lowest BCUT2D eigenvalue weighted by molar-refractivity contribution is -0.186. The summed E-state index contributed by atoms with van der Waals surface area (Å²) in [6.45, 7) is 4.25. The van der Waals surface area contributed by atoms with Gasteiger partial charge in [0.1, 0.15) is 5.82 Å². The van der Waals surface area contributed by atoms with E-state index in [1.807, 2.05) is 18.2 Å². The van der Waals surface area contributed by atoms with Crippen LogP contribution in [0.5, 0.6) is 0 Å². The van der Waals surface area contributed by atoms with E-state index in [0.29, 0.717) is 0 Å². The maximum atomic E-state index is 6.05. The van der Waals surface area contributed by atoms with Crippen molar-refractivity contribution in [3.63, 3.8) is 0 Å². The van der Waals surface area contributed by atoms with Gasteiger partial charge in [-0.2, -0.15) is 0 Å². The van der Waals surface area contributed by atoms with Gasteiger partial charge in [-0.25, -0.2) is 4.98 Å². The molecule has 0 bridgehead atoms. The quantitative estimate of drug-likeness (QED) is 0.852. The average molecular weight is 322 g/mol. The second-order valence-corrected chi connectivity index (χ2v) is 6.54. The Morgan fingerprint density at radius 2 is 1.95 bits per heavy atom. The van der Waals surface area contributed by atoms with E-state index in [1.165, 1.54) is 0 Å². The van der Waals surface area contributed by atoms with Gasteiger partial charge in [-0.1, -0.05) is 11.6 Å². The number of likely N-dealkylation sites (tertiary alicyclic amines) is 1. The Labute approximate surface area is 134 Å². The second kappa shape index (κ2) is 5.49. The molecule has 118 valence electrons. The molecule has 0 atom stereocenters. The molecule has 1 spiro atoms. The first-order valence-electron chi connectivity index (χ1n) is 7.76. The Hall–Kier alpha value is -1.14. The fourth-order valence-electron chi connectivity index (χ4n) is 3.40. The highest BCUT2D eigenvalue weighted by atomic mass is 35.5. The molecule has 2 aromatic rings. The van der Waals surface area contributed by atoms with Gasteiger partial charge in [-0.15, -0.1) is 0 Å². The number of imidazole rings is 1. The summed E-state index contributed by atoms with van der Waals surface area (Å²) < 4.78 is 13.7. The minimum atomic E-state index is -0.309. The molecule has 4 rings (SSSR count). The molecule has 0 saturated carbocycles. The van der Waals surface area contributed by atoms with Gasteiger partial charge in [0.05, 0.1) is 30.8 Å². The Balaban J connectivity index is 1.49. The largest absolute Gasteiger partial charge is 0.347 e. The molecule has 0 aliphatic carbocycles. The van der Waals surface area contributed by atoms with Crippen molar-refractivity contribution in [2.75, 3.05) is 26.3 Å². The van der Waals surface area contributed by atoms with Gasteiger partial charge in [0.25, 0.3) is 0 Å². The van der Waals surface area contributed by atoms with Gasteiger partial charge in [-0.3, -0.25) is 4.90 Å². The standard InChI is InChI=1S/C16H20ClN3O2/c1-19-14-3-2-12(17)10-13(14)18-15(19)11-20-6-4-16(5-7-20)21-8-9-22-16/h2-3,10H,4-9,11H2,1H3. The number of hydrogen-bond acceptors (Lipinski definition) is 4. The minimum Gasteiger partial charge on any atom is -0.347 e. The van der Waals surface area contributed by atoms with E-state index in [2.05, 4.69) is 16.5 Å². The van der Waals surface area contributed by atoms with Crippen molar-refractivity contribution in [1.29, 1.82) is 0 Å². The van der Waals surface area contributed by atoms with Crippen LogP contribution in [-0.4, -0.2) is 46.5 Å². The molecule has 3 heterocycles. The third-order valence-corrected chi connectivity index (χ3v) is 4.97. The summed E-state index contributed by atoms with van der Waals surface area (Å²) in [5.74, 6) is 0.762. The van der Waals surface area contributed by atoms with Crippen molar-refractivity contribution in [3.05, 3.63) is 29.0 Å². The molecule has 5 nitrogen and oxygen atoms in total. The second-order valence-electron chi connectivity index (χ2n) is 6.10. The van der Waals surface area contributed by atoms with Crippen LogP contribution in [0.3, 0.4) is 0 Å². The zero-order valence-electron chi connectivity index (χ0n) is 12.7. The summed E-state index contributed by atoms with van der Waals surface area (Å²) in [6.07, 6.45) is 1.87. The number of piperidine rings is 1. The van der Waals surface area contributed by atoms with Gasteiger partial charge in [-0.05, 0) is 18.2 Å². The lowest BCUT2D eigenvalue weighted by atomic mass is 10.0. The molecular weight excluding hydrogens is 302 g/mol. The number of aryl methyl sites for hydroxylation is 1. The average Bonchev–Trinajstić information content (AvgIpc) is 3.08. The molecule has 0 amide bonds. The zero-order valence-corrected chi connectivity index (χ0v) is 13.5. The highest BCUT2D eigenvalue weighted by Gasteiger charge is 2.39. The minimum absolute atomic E-state index is 0.309. The molecule has 2 fully saturated rings. The van der Waals surface area contributed by atoms with Gasteiger partial charge in [0.15, 0.2) is 5.79 Å². The van der Waals surface area contributed by atoms with Crippen molar-refractivity contribution in [2.45, 2.75) is 25.2 Å². The monoisotopic (exact) mass is 321 g/mol. The number of aromatic nitrogens is 2. The molecule has 6 heteroatoms. The molecule has 2 saturated heterocycles. The first-order chi connectivity index (χ1) is 10.7. The third-order valence-electron chi connectivity index (χ3n) is 4.73. The normalized spacial score (nSPS) is 21.9. The summed E-state index contributed by atoms with van der Waals surface area (Å²) in [4.78, 5) is 7.15. The summed E-state index contributed by atoms with van der Waals surface area (Å²) >= 11 is 6.05. The first-order valence-corrected chi connectivity index (χ1v) is 8.14. The first kappa shape index (κ1) is 14.5. The molecule has 0 unspecified atom stereocenters. The maximum Gasteiger partial charge on any atom is 0.170 e.